The van der Waals surface area contributed by atoms with Crippen LogP contribution < -0.4 is 0 Å². The first-order valence-corrected chi connectivity index (χ1v) is 5.96. The lowest BCUT2D eigenvalue weighted by atomic mass is 10.5. The maximum absolute atomic E-state index is 10.9. The number of imidazole rings is 1. The van der Waals surface area contributed by atoms with Gasteiger partial charge in [-0.3, -0.25) is 10.1 Å². The van der Waals surface area contributed by atoms with Crippen molar-refractivity contribution in [2.24, 2.45) is 0 Å². The third-order valence-corrected chi connectivity index (χ3v) is 3.04. The van der Waals surface area contributed by atoms with E-state index in [0.717, 1.165) is 23.0 Å². The van der Waals surface area contributed by atoms with E-state index >= 15 is 0 Å². The highest BCUT2D eigenvalue weighted by molar-refractivity contribution is 5.39. The number of nitro groups is 3. The highest BCUT2D eigenvalue weighted by Gasteiger charge is 2.24. The van der Waals surface area contributed by atoms with Gasteiger partial charge in [0.15, 0.2) is 12.0 Å². The Balaban J connectivity index is 2.29. The van der Waals surface area contributed by atoms with Gasteiger partial charge in [0.05, 0.1) is 4.92 Å². The monoisotopic (exact) mass is 310 g/mol. The number of aromatic nitrogens is 3. The van der Waals surface area contributed by atoms with Gasteiger partial charge in [0.1, 0.15) is 25.4 Å². The summed E-state index contributed by atoms with van der Waals surface area (Å²) in [5.74, 6) is -0.329. The van der Waals surface area contributed by atoms with Crippen molar-refractivity contribution in [3.8, 4) is 0 Å². The van der Waals surface area contributed by atoms with Crippen LogP contribution in [0.5, 0.6) is 0 Å². The summed E-state index contributed by atoms with van der Waals surface area (Å²) in [5, 5.41) is 32.4. The topological polar surface area (TPSA) is 152 Å². The van der Waals surface area contributed by atoms with Crippen molar-refractivity contribution < 1.29 is 14.8 Å². The normalized spacial score (nSPS) is 10.6. The van der Waals surface area contributed by atoms with Crippen LogP contribution >= 0.6 is 0 Å². The summed E-state index contributed by atoms with van der Waals surface area (Å²) >= 11 is 0. The lowest BCUT2D eigenvalue weighted by Gasteiger charge is -2.03. The van der Waals surface area contributed by atoms with Crippen molar-refractivity contribution in [3.63, 3.8) is 0 Å². The maximum Gasteiger partial charge on any atom is 0.342 e. The Kier molecular flexibility index (Phi) is 3.83. The third-order valence-electron chi connectivity index (χ3n) is 3.04. The molecule has 12 nitrogen and oxygen atoms in total. The molecule has 0 aliphatic carbocycles. The molecular formula is C10H10N6O6. The predicted octanol–water partition coefficient (Wildman–Crippen LogP) is 1.42. The average molecular weight is 310 g/mol. The van der Waals surface area contributed by atoms with Gasteiger partial charge in [-0.15, -0.1) is 0 Å². The molecular weight excluding hydrogens is 300 g/mol. The zero-order chi connectivity index (χ0) is 16.4. The van der Waals surface area contributed by atoms with E-state index < -0.39 is 26.3 Å². The SMILES string of the molecule is Cc1ncc([N+](=O)[O-])n1CCn1cc([N+](=O)[O-])cc1[N+](=O)[O-]. The molecule has 0 unspecified atom stereocenters. The number of nitrogens with zero attached hydrogens (tertiary/aromatic N) is 6. The minimum Gasteiger partial charge on any atom is -0.358 e. The standard InChI is InChI=1S/C10H10N6O6/c1-7-11-5-10(16(21)22)13(7)3-2-12-6-8(14(17)18)4-9(12)15(19)20/h4-6H,2-3H2,1H3. The lowest BCUT2D eigenvalue weighted by molar-refractivity contribution is -0.395. The molecule has 0 radical (unpaired) electrons. The maximum atomic E-state index is 10.9. The molecule has 22 heavy (non-hydrogen) atoms. The summed E-state index contributed by atoms with van der Waals surface area (Å²) in [4.78, 5) is 34.1. The van der Waals surface area contributed by atoms with Crippen LogP contribution in [0.25, 0.3) is 0 Å². The van der Waals surface area contributed by atoms with Gasteiger partial charge in [-0.05, 0) is 9.85 Å². The smallest absolute Gasteiger partial charge is 0.342 e. The highest BCUT2D eigenvalue weighted by atomic mass is 16.6. The van der Waals surface area contributed by atoms with Crippen molar-refractivity contribution >= 4 is 17.3 Å². The molecule has 2 rings (SSSR count). The zero-order valence-electron chi connectivity index (χ0n) is 11.3. The second-order valence-corrected chi connectivity index (χ2v) is 4.34. The molecule has 12 heteroatoms. The summed E-state index contributed by atoms with van der Waals surface area (Å²) in [5.41, 5.74) is -0.413. The van der Waals surface area contributed by atoms with Gasteiger partial charge in [0.2, 0.25) is 0 Å². The summed E-state index contributed by atoms with van der Waals surface area (Å²) in [7, 11) is 0. The first-order chi connectivity index (χ1) is 10.3. The van der Waals surface area contributed by atoms with Crippen LogP contribution in [0.15, 0.2) is 18.5 Å². The fourth-order valence-corrected chi connectivity index (χ4v) is 2.00. The Bertz CT molecular complexity index is 762. The van der Waals surface area contributed by atoms with Crippen molar-refractivity contribution in [3.05, 3.63) is 54.6 Å². The molecule has 0 N–H and O–H groups in total. The molecule has 0 saturated carbocycles. The molecule has 0 saturated heterocycles. The van der Waals surface area contributed by atoms with Crippen molar-refractivity contribution in [2.45, 2.75) is 20.0 Å². The second kappa shape index (κ2) is 5.59. The van der Waals surface area contributed by atoms with Gasteiger partial charge in [0, 0.05) is 6.92 Å². The average Bonchev–Trinajstić information content (AvgIpc) is 3.00. The van der Waals surface area contributed by atoms with Crippen molar-refractivity contribution in [1.82, 2.24) is 14.1 Å². The van der Waals surface area contributed by atoms with E-state index in [1.807, 2.05) is 0 Å². The Hall–Kier alpha value is -3.31. The van der Waals surface area contributed by atoms with Gasteiger partial charge in [-0.25, -0.2) is 14.1 Å². The van der Waals surface area contributed by atoms with E-state index in [2.05, 4.69) is 4.98 Å². The first kappa shape index (κ1) is 15.1. The molecule has 0 spiro atoms. The van der Waals surface area contributed by atoms with Gasteiger partial charge in [0.25, 0.3) is 0 Å². The minimum atomic E-state index is -0.748. The van der Waals surface area contributed by atoms with Crippen LogP contribution in [0.1, 0.15) is 5.82 Å². The Morgan fingerprint density at radius 3 is 2.23 bits per heavy atom. The van der Waals surface area contributed by atoms with E-state index in [-0.39, 0.29) is 18.9 Å². The van der Waals surface area contributed by atoms with E-state index in [4.69, 9.17) is 0 Å². The fraction of sp³-hybridized carbons (Fsp3) is 0.300. The number of aryl methyl sites for hydroxylation is 2. The van der Waals surface area contributed by atoms with Crippen LogP contribution in [0.4, 0.5) is 17.3 Å². The molecule has 0 aromatic carbocycles. The number of rotatable bonds is 6. The quantitative estimate of drug-likeness (QED) is 0.577. The number of hydrogen-bond donors (Lipinski definition) is 0. The Labute approximate surface area is 122 Å². The zero-order valence-corrected chi connectivity index (χ0v) is 11.3. The van der Waals surface area contributed by atoms with E-state index in [9.17, 15) is 30.3 Å². The van der Waals surface area contributed by atoms with Crippen molar-refractivity contribution in [1.29, 1.82) is 0 Å². The van der Waals surface area contributed by atoms with E-state index in [0.29, 0.717) is 5.82 Å². The first-order valence-electron chi connectivity index (χ1n) is 5.96. The number of hydrogen-bond acceptors (Lipinski definition) is 7. The Morgan fingerprint density at radius 1 is 1.05 bits per heavy atom. The molecule has 0 amide bonds. The molecule has 0 bridgehead atoms. The van der Waals surface area contributed by atoms with Gasteiger partial charge < -0.3 is 20.2 Å². The molecule has 0 aliphatic heterocycles. The minimum absolute atomic E-state index is 0.0226. The van der Waals surface area contributed by atoms with Crippen LogP contribution in [0, 0.1) is 37.3 Å². The molecule has 0 atom stereocenters. The molecule has 2 aromatic heterocycles. The van der Waals surface area contributed by atoms with Gasteiger partial charge in [-0.1, -0.05) is 0 Å². The Morgan fingerprint density at radius 2 is 1.68 bits per heavy atom. The van der Waals surface area contributed by atoms with E-state index in [1.165, 1.54) is 4.57 Å². The summed E-state index contributed by atoms with van der Waals surface area (Å²) in [6, 6.07) is 0.842. The van der Waals surface area contributed by atoms with E-state index in [1.54, 1.807) is 6.92 Å². The predicted molar refractivity (Wildman–Crippen MR) is 71.4 cm³/mol. The van der Waals surface area contributed by atoms with Gasteiger partial charge in [-0.2, -0.15) is 0 Å². The lowest BCUT2D eigenvalue weighted by Crippen LogP contribution is -2.11. The van der Waals surface area contributed by atoms with Crippen LogP contribution in [-0.4, -0.2) is 28.9 Å². The van der Waals surface area contributed by atoms with Crippen LogP contribution in [0.2, 0.25) is 0 Å². The molecule has 116 valence electrons. The van der Waals surface area contributed by atoms with Crippen LogP contribution in [0.3, 0.4) is 0 Å². The molecule has 2 heterocycles. The van der Waals surface area contributed by atoms with Crippen LogP contribution in [-0.2, 0) is 13.1 Å². The molecule has 2 aromatic rings. The third kappa shape index (κ3) is 2.74. The summed E-state index contributed by atoms with van der Waals surface area (Å²) in [6.07, 6.45) is 2.11. The fourth-order valence-electron chi connectivity index (χ4n) is 2.00. The molecule has 0 aliphatic rings. The van der Waals surface area contributed by atoms with Gasteiger partial charge >= 0.3 is 17.3 Å². The second-order valence-electron chi connectivity index (χ2n) is 4.34. The largest absolute Gasteiger partial charge is 0.358 e. The molecule has 0 fully saturated rings. The highest BCUT2D eigenvalue weighted by Crippen LogP contribution is 2.23. The summed E-state index contributed by atoms with van der Waals surface area (Å²) < 4.78 is 2.34. The summed E-state index contributed by atoms with van der Waals surface area (Å²) in [6.45, 7) is 1.54. The van der Waals surface area contributed by atoms with Crippen molar-refractivity contribution in [2.75, 3.05) is 0 Å².